The number of hydrogen-bond acceptors (Lipinski definition) is 2. The highest BCUT2D eigenvalue weighted by Crippen LogP contribution is 2.20. The first-order chi connectivity index (χ1) is 11.0. The summed E-state index contributed by atoms with van der Waals surface area (Å²) < 4.78 is 39.4. The van der Waals surface area contributed by atoms with Crippen molar-refractivity contribution in [3.8, 4) is 0 Å². The molecule has 1 atom stereocenters. The van der Waals surface area contributed by atoms with Gasteiger partial charge in [-0.05, 0) is 30.5 Å². The van der Waals surface area contributed by atoms with Crippen LogP contribution >= 0.6 is 0 Å². The molecule has 0 saturated heterocycles. The summed E-state index contributed by atoms with van der Waals surface area (Å²) in [6.07, 6.45) is 0.907. The van der Waals surface area contributed by atoms with Crippen LogP contribution < -0.4 is 5.32 Å². The second-order valence-electron chi connectivity index (χ2n) is 5.06. The Hall–Kier alpha value is -2.34. The third-order valence-corrected chi connectivity index (χ3v) is 3.40. The number of rotatable bonds is 6. The molecule has 2 N–H and O–H groups in total. The van der Waals surface area contributed by atoms with Crippen LogP contribution in [0.5, 0.6) is 0 Å². The second kappa shape index (κ2) is 7.78. The van der Waals surface area contributed by atoms with Crippen LogP contribution in [0, 0.1) is 17.5 Å². The molecular weight excluding hydrogens is 307 g/mol. The summed E-state index contributed by atoms with van der Waals surface area (Å²) in [5.74, 6) is -5.15. The van der Waals surface area contributed by atoms with Gasteiger partial charge in [-0.15, -0.1) is 0 Å². The first-order valence-electron chi connectivity index (χ1n) is 7.14. The van der Waals surface area contributed by atoms with E-state index in [9.17, 15) is 18.0 Å². The Bertz CT molecular complexity index is 654. The third-order valence-electron chi connectivity index (χ3n) is 3.40. The number of amides is 1. The fourth-order valence-electron chi connectivity index (χ4n) is 2.23. The topological polar surface area (TPSA) is 49.3 Å². The summed E-state index contributed by atoms with van der Waals surface area (Å²) in [6.45, 7) is -0.0427. The van der Waals surface area contributed by atoms with Crippen LogP contribution in [0.4, 0.5) is 13.2 Å². The van der Waals surface area contributed by atoms with Crippen LogP contribution in [0.2, 0.25) is 0 Å². The molecule has 0 fully saturated rings. The summed E-state index contributed by atoms with van der Waals surface area (Å²) in [6, 6.07) is 9.90. The smallest absolute Gasteiger partial charge is 0.251 e. The maximum atomic E-state index is 13.2. The lowest BCUT2D eigenvalue weighted by Gasteiger charge is -2.19. The fourth-order valence-corrected chi connectivity index (χ4v) is 2.23. The summed E-state index contributed by atoms with van der Waals surface area (Å²) in [5, 5.41) is 11.6. The quantitative estimate of drug-likeness (QED) is 0.801. The molecule has 1 unspecified atom stereocenters. The standard InChI is InChI=1S/C17H16F3NO2/c18-13-9-12(10-14(19)16(13)20)17(23)21-15(7-4-8-22)11-5-2-1-3-6-11/h1-3,5-6,9-10,15,22H,4,7-8H2,(H,21,23). The Kier molecular flexibility index (Phi) is 5.76. The van der Waals surface area contributed by atoms with Crippen molar-refractivity contribution >= 4 is 5.91 Å². The van der Waals surface area contributed by atoms with E-state index in [1.54, 1.807) is 24.3 Å². The molecule has 0 aliphatic heterocycles. The normalized spacial score (nSPS) is 12.0. The van der Waals surface area contributed by atoms with Gasteiger partial charge in [0.1, 0.15) is 0 Å². The lowest BCUT2D eigenvalue weighted by molar-refractivity contribution is 0.0931. The highest BCUT2D eigenvalue weighted by Gasteiger charge is 2.19. The van der Waals surface area contributed by atoms with E-state index < -0.39 is 29.4 Å². The highest BCUT2D eigenvalue weighted by atomic mass is 19.2. The molecule has 6 heteroatoms. The molecule has 2 rings (SSSR count). The maximum absolute atomic E-state index is 13.2. The lowest BCUT2D eigenvalue weighted by Crippen LogP contribution is -2.29. The van der Waals surface area contributed by atoms with Gasteiger partial charge in [-0.3, -0.25) is 4.79 Å². The van der Waals surface area contributed by atoms with Gasteiger partial charge in [-0.25, -0.2) is 13.2 Å². The van der Waals surface area contributed by atoms with E-state index in [-0.39, 0.29) is 12.2 Å². The number of carbonyl (C=O) groups is 1. The Labute approximate surface area is 131 Å². The molecule has 3 nitrogen and oxygen atoms in total. The molecule has 122 valence electrons. The van der Waals surface area contributed by atoms with Gasteiger partial charge >= 0.3 is 0 Å². The fraction of sp³-hybridized carbons (Fsp3) is 0.235. The first-order valence-corrected chi connectivity index (χ1v) is 7.14. The molecule has 1 amide bonds. The zero-order valence-corrected chi connectivity index (χ0v) is 12.2. The van der Waals surface area contributed by atoms with Crippen LogP contribution in [0.3, 0.4) is 0 Å². The van der Waals surface area contributed by atoms with Crippen LogP contribution in [-0.4, -0.2) is 17.6 Å². The van der Waals surface area contributed by atoms with E-state index >= 15 is 0 Å². The van der Waals surface area contributed by atoms with Crippen LogP contribution in [-0.2, 0) is 0 Å². The van der Waals surface area contributed by atoms with Crippen molar-refractivity contribution < 1.29 is 23.1 Å². The van der Waals surface area contributed by atoms with E-state index in [0.29, 0.717) is 25.0 Å². The number of halogens is 3. The van der Waals surface area contributed by atoms with Crippen molar-refractivity contribution in [3.05, 3.63) is 71.0 Å². The summed E-state index contributed by atoms with van der Waals surface area (Å²) in [4.78, 5) is 12.2. The second-order valence-corrected chi connectivity index (χ2v) is 5.06. The van der Waals surface area contributed by atoms with Gasteiger partial charge < -0.3 is 10.4 Å². The number of carbonyl (C=O) groups excluding carboxylic acids is 1. The predicted molar refractivity (Wildman–Crippen MR) is 79.3 cm³/mol. The van der Waals surface area contributed by atoms with E-state index in [1.807, 2.05) is 6.07 Å². The first kappa shape index (κ1) is 17.0. The largest absolute Gasteiger partial charge is 0.396 e. The van der Waals surface area contributed by atoms with E-state index in [4.69, 9.17) is 5.11 Å². The lowest BCUT2D eigenvalue weighted by atomic mass is 10.0. The molecule has 0 radical (unpaired) electrons. The van der Waals surface area contributed by atoms with Crippen LogP contribution in [0.25, 0.3) is 0 Å². The summed E-state index contributed by atoms with van der Waals surface area (Å²) >= 11 is 0. The van der Waals surface area contributed by atoms with E-state index in [0.717, 1.165) is 5.56 Å². The number of hydrogen-bond donors (Lipinski definition) is 2. The maximum Gasteiger partial charge on any atom is 0.251 e. The van der Waals surface area contributed by atoms with Gasteiger partial charge in [0.15, 0.2) is 17.5 Å². The predicted octanol–water partition coefficient (Wildman–Crippen LogP) is 3.35. The van der Waals surface area contributed by atoms with Gasteiger partial charge in [-0.2, -0.15) is 0 Å². The number of aliphatic hydroxyl groups is 1. The van der Waals surface area contributed by atoms with Crippen molar-refractivity contribution in [2.45, 2.75) is 18.9 Å². The van der Waals surface area contributed by atoms with E-state index in [2.05, 4.69) is 5.32 Å². The molecule has 0 aliphatic rings. The minimum atomic E-state index is -1.61. The van der Waals surface area contributed by atoms with Crippen LogP contribution in [0.1, 0.15) is 34.8 Å². The number of benzene rings is 2. The Morgan fingerprint density at radius 1 is 1.09 bits per heavy atom. The molecule has 2 aromatic carbocycles. The number of aliphatic hydroxyl groups excluding tert-OH is 1. The summed E-state index contributed by atoms with van der Waals surface area (Å²) in [7, 11) is 0. The van der Waals surface area contributed by atoms with Gasteiger partial charge in [0.05, 0.1) is 6.04 Å². The molecular formula is C17H16F3NO2. The van der Waals surface area contributed by atoms with Crippen molar-refractivity contribution in [2.24, 2.45) is 0 Å². The molecule has 2 aromatic rings. The summed E-state index contributed by atoms with van der Waals surface area (Å²) in [5.41, 5.74) is 0.503. The monoisotopic (exact) mass is 323 g/mol. The minimum Gasteiger partial charge on any atom is -0.396 e. The van der Waals surface area contributed by atoms with Crippen molar-refractivity contribution in [1.82, 2.24) is 5.32 Å². The average Bonchev–Trinajstić information content (AvgIpc) is 2.56. The zero-order valence-electron chi connectivity index (χ0n) is 12.2. The minimum absolute atomic E-state index is 0.0427. The molecule has 23 heavy (non-hydrogen) atoms. The van der Waals surface area contributed by atoms with Crippen molar-refractivity contribution in [2.75, 3.05) is 6.61 Å². The third kappa shape index (κ3) is 4.32. The van der Waals surface area contributed by atoms with Crippen LogP contribution in [0.15, 0.2) is 42.5 Å². The number of nitrogens with one attached hydrogen (secondary N) is 1. The molecule has 0 aromatic heterocycles. The van der Waals surface area contributed by atoms with Gasteiger partial charge in [0.2, 0.25) is 0 Å². The zero-order chi connectivity index (χ0) is 16.8. The Morgan fingerprint density at radius 2 is 1.70 bits per heavy atom. The molecule has 0 aliphatic carbocycles. The SMILES string of the molecule is O=C(NC(CCCO)c1ccccc1)c1cc(F)c(F)c(F)c1. The molecule has 0 saturated carbocycles. The molecule has 0 heterocycles. The van der Waals surface area contributed by atoms with Gasteiger partial charge in [-0.1, -0.05) is 30.3 Å². The van der Waals surface area contributed by atoms with Gasteiger partial charge in [0, 0.05) is 12.2 Å². The highest BCUT2D eigenvalue weighted by molar-refractivity contribution is 5.94. The molecule has 0 spiro atoms. The van der Waals surface area contributed by atoms with Crippen molar-refractivity contribution in [3.63, 3.8) is 0 Å². The Morgan fingerprint density at radius 3 is 2.26 bits per heavy atom. The van der Waals surface area contributed by atoms with Gasteiger partial charge in [0.25, 0.3) is 5.91 Å². The average molecular weight is 323 g/mol. The molecule has 0 bridgehead atoms. The Balaban J connectivity index is 2.20. The van der Waals surface area contributed by atoms with Crippen molar-refractivity contribution in [1.29, 1.82) is 0 Å². The van der Waals surface area contributed by atoms with E-state index in [1.165, 1.54) is 0 Å².